The van der Waals surface area contributed by atoms with Crippen molar-refractivity contribution in [2.24, 2.45) is 0 Å². The average molecular weight is 625 g/mol. The maximum Gasteiger partial charge on any atom is 0.273 e. The largest absolute Gasteiger partial charge is 0.332 e. The summed E-state index contributed by atoms with van der Waals surface area (Å²) in [5, 5.41) is 4.49. The van der Waals surface area contributed by atoms with E-state index in [1.165, 1.54) is 35.6 Å². The number of rotatable bonds is 7. The molecule has 4 aromatic rings. The van der Waals surface area contributed by atoms with Gasteiger partial charge in [-0.1, -0.05) is 36.4 Å². The molecule has 2 aliphatic heterocycles. The Balaban J connectivity index is 1.25. The van der Waals surface area contributed by atoms with E-state index in [9.17, 15) is 17.8 Å². The van der Waals surface area contributed by atoms with E-state index in [2.05, 4.69) is 10.00 Å². The first kappa shape index (κ1) is 30.2. The number of carbonyl (C=O) groups excluding carboxylic acids is 1. The third kappa shape index (κ3) is 6.08. The molecule has 0 radical (unpaired) electrons. The number of piperidine rings is 1. The number of likely N-dealkylation sites (tertiary alicyclic amines) is 2. The highest BCUT2D eigenvalue weighted by molar-refractivity contribution is 7.84. The number of aromatic nitrogens is 2. The highest BCUT2D eigenvalue weighted by atomic mass is 32.2. The standard InChI is InChI=1S/C33H32F4N4O2S/c1-44(43)27-12-7-24(30(35)17-27)19-39-15-13-23(14-16-39)31-28(18-38-41(31)26-10-8-25(34)9-11-26)32(42)40-20-29(33(36,37)21-40)22-5-3-2-4-6-22/h2-12,17-18,23,29H,13-16,19-21H2,1H3. The summed E-state index contributed by atoms with van der Waals surface area (Å²) in [5.74, 6) is -5.67. The molecule has 0 bridgehead atoms. The van der Waals surface area contributed by atoms with E-state index < -0.39 is 46.7 Å². The first-order chi connectivity index (χ1) is 21.1. The van der Waals surface area contributed by atoms with Crippen molar-refractivity contribution >= 4 is 16.7 Å². The van der Waals surface area contributed by atoms with E-state index >= 15 is 8.78 Å². The maximum absolute atomic E-state index is 15.2. The van der Waals surface area contributed by atoms with Crippen molar-refractivity contribution in [2.45, 2.75) is 42.0 Å². The minimum atomic E-state index is -3.09. The van der Waals surface area contributed by atoms with Crippen LogP contribution in [0.2, 0.25) is 0 Å². The molecule has 1 aromatic heterocycles. The van der Waals surface area contributed by atoms with Gasteiger partial charge in [0.2, 0.25) is 0 Å². The Morgan fingerprint density at radius 1 is 1.00 bits per heavy atom. The van der Waals surface area contributed by atoms with Crippen molar-refractivity contribution in [2.75, 3.05) is 32.4 Å². The predicted molar refractivity (Wildman–Crippen MR) is 160 cm³/mol. The third-order valence-corrected chi connectivity index (χ3v) is 9.55. The minimum absolute atomic E-state index is 0.120. The molecule has 6 nitrogen and oxygen atoms in total. The highest BCUT2D eigenvalue weighted by Crippen LogP contribution is 2.42. The molecule has 230 valence electrons. The SMILES string of the molecule is CS(=O)c1ccc(CN2CCC(c3c(C(=O)N4CC(c5ccccc5)C(F)(F)C4)cnn3-c3ccc(F)cc3)CC2)c(F)c1. The number of amides is 1. The van der Waals surface area contributed by atoms with Crippen molar-refractivity contribution in [3.8, 4) is 5.69 Å². The Kier molecular flexibility index (Phi) is 8.43. The van der Waals surface area contributed by atoms with Crippen LogP contribution in [0.4, 0.5) is 17.6 Å². The molecule has 44 heavy (non-hydrogen) atoms. The molecule has 0 aliphatic carbocycles. The first-order valence-electron chi connectivity index (χ1n) is 14.5. The summed E-state index contributed by atoms with van der Waals surface area (Å²) >= 11 is 0. The van der Waals surface area contributed by atoms with Gasteiger partial charge in [0.15, 0.2) is 0 Å². The van der Waals surface area contributed by atoms with Crippen molar-refractivity contribution in [1.82, 2.24) is 19.6 Å². The number of alkyl halides is 2. The fourth-order valence-corrected chi connectivity index (χ4v) is 6.82. The lowest BCUT2D eigenvalue weighted by Gasteiger charge is -2.33. The Bertz CT molecular complexity index is 1670. The number of nitrogens with zero attached hydrogens (tertiary/aromatic N) is 4. The molecule has 11 heteroatoms. The van der Waals surface area contributed by atoms with E-state index in [1.807, 2.05) is 0 Å². The van der Waals surface area contributed by atoms with Gasteiger partial charge < -0.3 is 4.90 Å². The molecular weight excluding hydrogens is 592 g/mol. The number of hydrogen-bond donors (Lipinski definition) is 0. The molecule has 0 spiro atoms. The molecule has 3 aromatic carbocycles. The molecule has 1 amide bonds. The topological polar surface area (TPSA) is 58.4 Å². The van der Waals surface area contributed by atoms with Crippen LogP contribution in [0.1, 0.15) is 51.9 Å². The van der Waals surface area contributed by atoms with Crippen molar-refractivity contribution in [3.63, 3.8) is 0 Å². The molecule has 2 atom stereocenters. The van der Waals surface area contributed by atoms with E-state index in [0.29, 0.717) is 59.9 Å². The van der Waals surface area contributed by atoms with Gasteiger partial charge in [-0.3, -0.25) is 13.9 Å². The van der Waals surface area contributed by atoms with Crippen LogP contribution in [0.5, 0.6) is 0 Å². The summed E-state index contributed by atoms with van der Waals surface area (Å²) in [5.41, 5.74) is 2.41. The van der Waals surface area contributed by atoms with Crippen LogP contribution in [-0.4, -0.2) is 68.1 Å². The lowest BCUT2D eigenvalue weighted by atomic mass is 9.90. The quantitative estimate of drug-likeness (QED) is 0.232. The van der Waals surface area contributed by atoms with Crippen LogP contribution in [0.3, 0.4) is 0 Å². The van der Waals surface area contributed by atoms with Gasteiger partial charge in [0.1, 0.15) is 11.6 Å². The monoisotopic (exact) mass is 624 g/mol. The van der Waals surface area contributed by atoms with Gasteiger partial charge in [-0.2, -0.15) is 5.10 Å². The molecule has 6 rings (SSSR count). The fourth-order valence-electron chi connectivity index (χ4n) is 6.29. The lowest BCUT2D eigenvalue weighted by Crippen LogP contribution is -2.35. The number of benzene rings is 3. The lowest BCUT2D eigenvalue weighted by molar-refractivity contribution is -0.00244. The van der Waals surface area contributed by atoms with Gasteiger partial charge in [0.05, 0.1) is 35.6 Å². The number of halogens is 4. The van der Waals surface area contributed by atoms with Crippen molar-refractivity contribution in [1.29, 1.82) is 0 Å². The molecule has 2 fully saturated rings. The molecule has 0 saturated carbocycles. The van der Waals surface area contributed by atoms with Gasteiger partial charge in [-0.25, -0.2) is 22.2 Å². The second-order valence-electron chi connectivity index (χ2n) is 11.5. The summed E-state index contributed by atoms with van der Waals surface area (Å²) in [6.45, 7) is 0.770. The van der Waals surface area contributed by atoms with Crippen LogP contribution < -0.4 is 0 Å². The van der Waals surface area contributed by atoms with E-state index in [-0.39, 0.29) is 18.0 Å². The minimum Gasteiger partial charge on any atom is -0.332 e. The van der Waals surface area contributed by atoms with E-state index in [1.54, 1.807) is 59.3 Å². The van der Waals surface area contributed by atoms with Crippen molar-refractivity contribution in [3.05, 3.63) is 113 Å². The Labute approximate surface area is 255 Å². The van der Waals surface area contributed by atoms with Gasteiger partial charge >= 0.3 is 0 Å². The van der Waals surface area contributed by atoms with Gasteiger partial charge in [-0.05, 0) is 67.9 Å². The van der Waals surface area contributed by atoms with Crippen LogP contribution in [-0.2, 0) is 17.3 Å². The van der Waals surface area contributed by atoms with E-state index in [0.717, 1.165) is 0 Å². The normalized spacial score (nSPS) is 19.8. The molecule has 2 aliphatic rings. The maximum atomic E-state index is 15.2. The van der Waals surface area contributed by atoms with Gasteiger partial charge in [0.25, 0.3) is 11.8 Å². The van der Waals surface area contributed by atoms with Crippen LogP contribution in [0, 0.1) is 11.6 Å². The Hall–Kier alpha value is -3.83. The second kappa shape index (κ2) is 12.3. The Morgan fingerprint density at radius 2 is 1.70 bits per heavy atom. The molecule has 3 heterocycles. The fraction of sp³-hybridized carbons (Fsp3) is 0.333. The smallest absolute Gasteiger partial charge is 0.273 e. The Morgan fingerprint density at radius 3 is 2.36 bits per heavy atom. The number of hydrogen-bond acceptors (Lipinski definition) is 4. The second-order valence-corrected chi connectivity index (χ2v) is 12.9. The summed E-state index contributed by atoms with van der Waals surface area (Å²) in [4.78, 5) is 17.7. The highest BCUT2D eigenvalue weighted by Gasteiger charge is 2.50. The van der Waals surface area contributed by atoms with Gasteiger partial charge in [-0.15, -0.1) is 0 Å². The van der Waals surface area contributed by atoms with Crippen molar-refractivity contribution < 1.29 is 26.6 Å². The molecule has 0 N–H and O–H groups in total. The number of carbonyl (C=O) groups is 1. The zero-order valence-electron chi connectivity index (χ0n) is 24.1. The predicted octanol–water partition coefficient (Wildman–Crippen LogP) is 6.14. The van der Waals surface area contributed by atoms with Crippen LogP contribution in [0.15, 0.2) is 83.9 Å². The zero-order chi connectivity index (χ0) is 31.0. The summed E-state index contributed by atoms with van der Waals surface area (Å²) in [7, 11) is -1.27. The third-order valence-electron chi connectivity index (χ3n) is 8.64. The average Bonchev–Trinajstić information content (AvgIpc) is 3.60. The summed E-state index contributed by atoms with van der Waals surface area (Å²) in [6.07, 6.45) is 4.17. The molecular formula is C33H32F4N4O2S. The summed E-state index contributed by atoms with van der Waals surface area (Å²) in [6, 6.07) is 18.9. The molecule has 2 unspecified atom stereocenters. The summed E-state index contributed by atoms with van der Waals surface area (Å²) < 4.78 is 72.2. The van der Waals surface area contributed by atoms with Crippen LogP contribution in [0.25, 0.3) is 5.69 Å². The first-order valence-corrected chi connectivity index (χ1v) is 16.1. The van der Waals surface area contributed by atoms with Gasteiger partial charge in [0, 0.05) is 46.5 Å². The van der Waals surface area contributed by atoms with E-state index in [4.69, 9.17) is 0 Å². The molecule has 2 saturated heterocycles. The van der Waals surface area contributed by atoms with Crippen LogP contribution >= 0.6 is 0 Å². The zero-order valence-corrected chi connectivity index (χ0v) is 25.0.